The second-order valence-electron chi connectivity index (χ2n) is 6.29. The average molecular weight is 399 g/mol. The van der Waals surface area contributed by atoms with E-state index in [2.05, 4.69) is 4.98 Å². The van der Waals surface area contributed by atoms with E-state index in [9.17, 15) is 31.4 Å². The highest BCUT2D eigenvalue weighted by molar-refractivity contribution is 6.32. The minimum Gasteiger partial charge on any atom is -0.376 e. The number of pyridine rings is 1. The highest BCUT2D eigenvalue weighted by Gasteiger charge is 2.53. The normalized spacial score (nSPS) is 17.3. The predicted molar refractivity (Wildman–Crippen MR) is 81.2 cm³/mol. The summed E-state index contributed by atoms with van der Waals surface area (Å²) in [5, 5.41) is 9.68. The number of aromatic nitrogens is 2. The van der Waals surface area contributed by atoms with Crippen molar-refractivity contribution in [3.8, 4) is 5.82 Å². The molecule has 2 aromatic heterocycles. The maximum Gasteiger partial charge on any atom is 0.421 e. The summed E-state index contributed by atoms with van der Waals surface area (Å²) in [5.74, 6) is -0.109. The highest BCUT2D eigenvalue weighted by atomic mass is 35.5. The van der Waals surface area contributed by atoms with Crippen LogP contribution < -0.4 is 0 Å². The first kappa shape index (κ1) is 19.0. The fraction of sp³-hybridized carbons (Fsp3) is 0.438. The lowest BCUT2D eigenvalue weighted by atomic mass is 9.93. The van der Waals surface area contributed by atoms with Crippen molar-refractivity contribution < 1.29 is 31.4 Å². The number of hydrogen-bond donors (Lipinski definition) is 1. The van der Waals surface area contributed by atoms with Gasteiger partial charge in [-0.05, 0) is 37.8 Å². The van der Waals surface area contributed by atoms with Gasteiger partial charge in [0.1, 0.15) is 0 Å². The van der Waals surface area contributed by atoms with E-state index in [1.807, 2.05) is 0 Å². The maximum atomic E-state index is 13.2. The molecular weight excluding hydrogens is 386 g/mol. The topological polar surface area (TPSA) is 38.0 Å². The van der Waals surface area contributed by atoms with Gasteiger partial charge in [-0.25, -0.2) is 4.98 Å². The van der Waals surface area contributed by atoms with Crippen LogP contribution in [0.1, 0.15) is 35.7 Å². The second-order valence-corrected chi connectivity index (χ2v) is 6.70. The lowest BCUT2D eigenvalue weighted by molar-refractivity contribution is -0.259. The van der Waals surface area contributed by atoms with Gasteiger partial charge in [-0.3, -0.25) is 0 Å². The molecule has 0 saturated heterocycles. The Hall–Kier alpha value is -1.74. The third-order valence-corrected chi connectivity index (χ3v) is 4.79. The lowest BCUT2D eigenvalue weighted by Gasteiger charge is -2.26. The van der Waals surface area contributed by atoms with Gasteiger partial charge in [0.15, 0.2) is 11.4 Å². The lowest BCUT2D eigenvalue weighted by Crippen LogP contribution is -2.39. The molecule has 1 atom stereocenters. The van der Waals surface area contributed by atoms with Gasteiger partial charge in [0.05, 0.1) is 10.6 Å². The summed E-state index contributed by atoms with van der Waals surface area (Å²) in [6.45, 7) is 0.646. The molecule has 0 radical (unpaired) electrons. The van der Waals surface area contributed by atoms with Gasteiger partial charge in [0, 0.05) is 23.7 Å². The molecule has 26 heavy (non-hydrogen) atoms. The van der Waals surface area contributed by atoms with Crippen molar-refractivity contribution in [1.82, 2.24) is 9.55 Å². The highest BCUT2D eigenvalue weighted by Crippen LogP contribution is 2.44. The van der Waals surface area contributed by atoms with E-state index in [1.165, 1.54) is 4.57 Å². The van der Waals surface area contributed by atoms with Gasteiger partial charge >= 0.3 is 12.4 Å². The van der Waals surface area contributed by atoms with E-state index >= 15 is 0 Å². The van der Waals surface area contributed by atoms with Crippen LogP contribution in [0.15, 0.2) is 18.5 Å². The molecule has 3 rings (SSSR count). The summed E-state index contributed by atoms with van der Waals surface area (Å²) in [6.07, 6.45) is -6.64. The summed E-state index contributed by atoms with van der Waals surface area (Å²) in [4.78, 5) is 3.70. The fourth-order valence-corrected chi connectivity index (χ4v) is 3.35. The maximum absolute atomic E-state index is 13.2. The van der Waals surface area contributed by atoms with Gasteiger partial charge in [-0.15, -0.1) is 0 Å². The van der Waals surface area contributed by atoms with Crippen LogP contribution in [0.4, 0.5) is 26.3 Å². The largest absolute Gasteiger partial charge is 0.421 e. The van der Waals surface area contributed by atoms with Crippen LogP contribution in [0.5, 0.6) is 0 Å². The third kappa shape index (κ3) is 2.96. The van der Waals surface area contributed by atoms with Crippen LogP contribution >= 0.6 is 11.6 Å². The summed E-state index contributed by atoms with van der Waals surface area (Å²) < 4.78 is 79.2. The molecule has 0 amide bonds. The molecule has 2 aromatic rings. The van der Waals surface area contributed by atoms with Gasteiger partial charge in [0.2, 0.25) is 0 Å². The van der Waals surface area contributed by atoms with Crippen molar-refractivity contribution in [2.24, 2.45) is 0 Å². The molecule has 1 unspecified atom stereocenters. The zero-order valence-electron chi connectivity index (χ0n) is 13.3. The van der Waals surface area contributed by atoms with E-state index in [4.69, 9.17) is 11.6 Å². The predicted octanol–water partition coefficient (Wildman–Crippen LogP) is 4.80. The molecule has 142 valence electrons. The van der Waals surface area contributed by atoms with Crippen LogP contribution in [0.3, 0.4) is 0 Å². The zero-order valence-corrected chi connectivity index (χ0v) is 14.1. The summed E-state index contributed by atoms with van der Waals surface area (Å²) in [5.41, 5.74) is -3.71. The van der Waals surface area contributed by atoms with Gasteiger partial charge in [-0.1, -0.05) is 11.6 Å². The van der Waals surface area contributed by atoms with Crippen molar-refractivity contribution in [1.29, 1.82) is 0 Å². The molecule has 3 nitrogen and oxygen atoms in total. The minimum absolute atomic E-state index is 0.109. The number of alkyl halides is 6. The zero-order chi connectivity index (χ0) is 19.5. The number of nitrogens with zero attached hydrogens (tertiary/aromatic N) is 2. The number of hydrogen-bond acceptors (Lipinski definition) is 2. The smallest absolute Gasteiger partial charge is 0.376 e. The van der Waals surface area contributed by atoms with Crippen molar-refractivity contribution in [3.05, 3.63) is 45.9 Å². The Morgan fingerprint density at radius 1 is 1.15 bits per heavy atom. The molecule has 10 heteroatoms. The second kappa shape index (κ2) is 5.88. The molecular formula is C16H13ClF6N2O. The number of aliphatic hydroxyl groups is 1. The Morgan fingerprint density at radius 3 is 2.35 bits per heavy atom. The van der Waals surface area contributed by atoms with Gasteiger partial charge < -0.3 is 9.67 Å². The van der Waals surface area contributed by atoms with Crippen LogP contribution in [-0.2, 0) is 24.6 Å². The quantitative estimate of drug-likeness (QED) is 0.738. The SMILES string of the molecule is CC(O)(c1cn(-c2ncc(C(F)(F)F)cc2Cl)c2c1CCC2)C(F)(F)F. The van der Waals surface area contributed by atoms with Crippen LogP contribution in [-0.4, -0.2) is 20.8 Å². The molecule has 0 aromatic carbocycles. The molecule has 1 aliphatic rings. The summed E-state index contributed by atoms with van der Waals surface area (Å²) in [7, 11) is 0. The first-order valence-corrected chi connectivity index (χ1v) is 7.97. The average Bonchev–Trinajstić information content (AvgIpc) is 3.07. The molecule has 0 saturated carbocycles. The fourth-order valence-electron chi connectivity index (χ4n) is 3.09. The van der Waals surface area contributed by atoms with Crippen molar-refractivity contribution in [2.45, 2.75) is 44.1 Å². The van der Waals surface area contributed by atoms with Crippen molar-refractivity contribution in [3.63, 3.8) is 0 Å². The van der Waals surface area contributed by atoms with E-state index in [1.54, 1.807) is 0 Å². The molecule has 0 bridgehead atoms. The van der Waals surface area contributed by atoms with Crippen LogP contribution in [0, 0.1) is 0 Å². The third-order valence-electron chi connectivity index (χ3n) is 4.52. The van der Waals surface area contributed by atoms with E-state index in [0.29, 0.717) is 49.7 Å². The molecule has 1 N–H and O–H groups in total. The first-order chi connectivity index (χ1) is 11.8. The first-order valence-electron chi connectivity index (χ1n) is 7.60. The van der Waals surface area contributed by atoms with E-state index < -0.39 is 23.5 Å². The summed E-state index contributed by atoms with van der Waals surface area (Å²) >= 11 is 5.92. The van der Waals surface area contributed by atoms with E-state index in [0.717, 1.165) is 6.20 Å². The summed E-state index contributed by atoms with van der Waals surface area (Å²) in [6, 6.07) is 0.673. The molecule has 2 heterocycles. The van der Waals surface area contributed by atoms with Crippen LogP contribution in [0.2, 0.25) is 5.02 Å². The molecule has 0 spiro atoms. The Morgan fingerprint density at radius 2 is 1.81 bits per heavy atom. The number of rotatable bonds is 2. The monoisotopic (exact) mass is 398 g/mol. The minimum atomic E-state index is -4.91. The van der Waals surface area contributed by atoms with Crippen LogP contribution in [0.25, 0.3) is 5.82 Å². The number of halogens is 7. The number of fused-ring (bicyclic) bond motifs is 1. The molecule has 0 aliphatic heterocycles. The molecule has 1 aliphatic carbocycles. The Labute approximate surface area is 149 Å². The Balaban J connectivity index is 2.16. The van der Waals surface area contributed by atoms with Crippen molar-refractivity contribution >= 4 is 11.6 Å². The Kier molecular flexibility index (Phi) is 4.31. The van der Waals surface area contributed by atoms with E-state index in [-0.39, 0.29) is 16.4 Å². The van der Waals surface area contributed by atoms with Crippen molar-refractivity contribution in [2.75, 3.05) is 0 Å². The van der Waals surface area contributed by atoms with Gasteiger partial charge in [-0.2, -0.15) is 26.3 Å². The standard InChI is InChI=1S/C16H13ClF6N2O/c1-14(26,16(21,22)23)10-7-25(12-4-2-3-9(10)12)13-11(17)5-8(6-24-13)15(18,19)20/h5-7,26H,2-4H2,1H3. The van der Waals surface area contributed by atoms with Gasteiger partial charge in [0.25, 0.3) is 0 Å². The molecule has 0 fully saturated rings. The Bertz CT molecular complexity index is 854.